The second-order valence-electron chi connectivity index (χ2n) is 6.63. The summed E-state index contributed by atoms with van der Waals surface area (Å²) in [5.74, 6) is 6.76. The van der Waals surface area contributed by atoms with Crippen LogP contribution in [0.4, 0.5) is 0 Å². The molecule has 3 aromatic carbocycles. The largest absolute Gasteiger partial charge is 0.288 e. The first-order chi connectivity index (χ1) is 13.4. The van der Waals surface area contributed by atoms with Crippen LogP contribution in [0.3, 0.4) is 0 Å². The average Bonchev–Trinajstić information content (AvgIpc) is 2.74. The van der Waals surface area contributed by atoms with Gasteiger partial charge in [-0.1, -0.05) is 84.6 Å². The Morgan fingerprint density at radius 2 is 1.44 bits per heavy atom. The first-order valence-electron chi connectivity index (χ1n) is 9.32. The van der Waals surface area contributed by atoms with Crippen molar-refractivity contribution in [2.75, 3.05) is 0 Å². The predicted octanol–water partition coefficient (Wildman–Crippen LogP) is 5.71. The number of nitrogens with zero attached hydrogens (tertiary/aromatic N) is 1. The van der Waals surface area contributed by atoms with Gasteiger partial charge in [0.1, 0.15) is 0 Å². The van der Waals surface area contributed by atoms with Gasteiger partial charge in [0.15, 0.2) is 0 Å². The van der Waals surface area contributed by atoms with Crippen LogP contribution in [0, 0.1) is 11.8 Å². The summed E-state index contributed by atoms with van der Waals surface area (Å²) in [6, 6.07) is 29.1. The van der Waals surface area contributed by atoms with Crippen molar-refractivity contribution in [3.05, 3.63) is 113 Å². The minimum atomic E-state index is 0.700. The van der Waals surface area contributed by atoms with Gasteiger partial charge in [0.05, 0.1) is 6.54 Å². The third-order valence-corrected chi connectivity index (χ3v) is 4.74. The van der Waals surface area contributed by atoms with Gasteiger partial charge in [-0.15, -0.1) is 0 Å². The number of rotatable bonds is 3. The highest BCUT2D eigenvalue weighted by molar-refractivity contribution is 5.98. The maximum atomic E-state index is 4.69. The molecule has 1 heteroatoms. The van der Waals surface area contributed by atoms with Gasteiger partial charge in [-0.3, -0.25) is 4.99 Å². The van der Waals surface area contributed by atoms with Gasteiger partial charge in [0, 0.05) is 17.4 Å². The second kappa shape index (κ2) is 8.34. The quantitative estimate of drug-likeness (QED) is 0.425. The summed E-state index contributed by atoms with van der Waals surface area (Å²) in [5, 5.41) is 0. The zero-order chi connectivity index (χ0) is 18.3. The van der Waals surface area contributed by atoms with Crippen LogP contribution in [0.15, 0.2) is 95.5 Å². The third-order valence-electron chi connectivity index (χ3n) is 4.74. The Kier molecular flexibility index (Phi) is 5.27. The van der Waals surface area contributed by atoms with Gasteiger partial charge in [-0.05, 0) is 47.2 Å². The van der Waals surface area contributed by atoms with Crippen LogP contribution in [0.5, 0.6) is 0 Å². The van der Waals surface area contributed by atoms with Crippen LogP contribution >= 0.6 is 0 Å². The van der Waals surface area contributed by atoms with Crippen LogP contribution in [-0.4, -0.2) is 6.21 Å². The van der Waals surface area contributed by atoms with Crippen LogP contribution in [0.2, 0.25) is 0 Å². The van der Waals surface area contributed by atoms with Crippen molar-refractivity contribution in [3.8, 4) is 11.8 Å². The third kappa shape index (κ3) is 4.25. The summed E-state index contributed by atoms with van der Waals surface area (Å²) in [6.07, 6.45) is 4.05. The highest BCUT2D eigenvalue weighted by Gasteiger charge is 2.16. The Morgan fingerprint density at radius 3 is 2.26 bits per heavy atom. The van der Waals surface area contributed by atoms with Gasteiger partial charge < -0.3 is 0 Å². The van der Waals surface area contributed by atoms with Gasteiger partial charge in [0.25, 0.3) is 0 Å². The van der Waals surface area contributed by atoms with Crippen LogP contribution < -0.4 is 0 Å². The molecule has 1 nitrogen and oxygen atoms in total. The van der Waals surface area contributed by atoms with E-state index in [1.165, 1.54) is 22.3 Å². The maximum Gasteiger partial charge on any atom is 0.0639 e. The zero-order valence-corrected chi connectivity index (χ0v) is 15.2. The SMILES string of the molecule is C(#Cc1ccccc1)C1=C(C=NCc2ccccc2)CCc2ccccc21. The number of benzene rings is 3. The highest BCUT2D eigenvalue weighted by atomic mass is 14.7. The Hall–Kier alpha value is -3.37. The molecule has 0 bridgehead atoms. The molecule has 0 aromatic heterocycles. The van der Waals surface area contributed by atoms with E-state index in [1.54, 1.807) is 0 Å². The molecule has 0 saturated heterocycles. The molecule has 0 aliphatic heterocycles. The van der Waals surface area contributed by atoms with E-state index in [9.17, 15) is 0 Å². The molecule has 0 N–H and O–H groups in total. The molecule has 0 fully saturated rings. The normalized spacial score (nSPS) is 13.2. The number of fused-ring (bicyclic) bond motifs is 1. The molecule has 1 aliphatic rings. The molecule has 0 saturated carbocycles. The fourth-order valence-electron chi connectivity index (χ4n) is 3.33. The van der Waals surface area contributed by atoms with E-state index in [1.807, 2.05) is 42.6 Å². The Balaban J connectivity index is 1.68. The summed E-state index contributed by atoms with van der Waals surface area (Å²) >= 11 is 0. The van der Waals surface area contributed by atoms with E-state index in [4.69, 9.17) is 4.99 Å². The average molecular weight is 347 g/mol. The summed E-state index contributed by atoms with van der Waals surface area (Å²) in [5.41, 5.74) is 7.21. The van der Waals surface area contributed by atoms with Crippen molar-refractivity contribution in [1.29, 1.82) is 0 Å². The molecule has 0 heterocycles. The van der Waals surface area contributed by atoms with Gasteiger partial charge in [0.2, 0.25) is 0 Å². The summed E-state index contributed by atoms with van der Waals surface area (Å²) < 4.78 is 0. The highest BCUT2D eigenvalue weighted by Crippen LogP contribution is 2.30. The standard InChI is InChI=1S/C26H21N/c1-3-9-21(10-4-1)15-18-26-24(17-16-23-13-7-8-14-25(23)26)20-27-19-22-11-5-2-6-12-22/h1-14,20H,16-17,19H2. The summed E-state index contributed by atoms with van der Waals surface area (Å²) in [6.45, 7) is 0.700. The molecule has 0 spiro atoms. The van der Waals surface area contributed by atoms with Crippen molar-refractivity contribution in [1.82, 2.24) is 0 Å². The lowest BCUT2D eigenvalue weighted by atomic mass is 9.86. The first-order valence-corrected chi connectivity index (χ1v) is 9.32. The van der Waals surface area contributed by atoms with E-state index in [0.717, 1.165) is 24.0 Å². The Bertz CT molecular complexity index is 1030. The monoisotopic (exact) mass is 347 g/mol. The van der Waals surface area contributed by atoms with Crippen LogP contribution in [0.1, 0.15) is 28.7 Å². The summed E-state index contributed by atoms with van der Waals surface area (Å²) in [7, 11) is 0. The molecule has 0 radical (unpaired) electrons. The molecule has 1 aliphatic carbocycles. The predicted molar refractivity (Wildman–Crippen MR) is 114 cm³/mol. The molecule has 3 aromatic rings. The van der Waals surface area contributed by atoms with E-state index >= 15 is 0 Å². The molecule has 27 heavy (non-hydrogen) atoms. The van der Waals surface area contributed by atoms with E-state index in [0.29, 0.717) is 6.54 Å². The van der Waals surface area contributed by atoms with E-state index in [-0.39, 0.29) is 0 Å². The van der Waals surface area contributed by atoms with Crippen molar-refractivity contribution in [3.63, 3.8) is 0 Å². The van der Waals surface area contributed by atoms with Gasteiger partial charge in [-0.2, -0.15) is 0 Å². The number of allylic oxidation sites excluding steroid dienone is 2. The lowest BCUT2D eigenvalue weighted by Gasteiger charge is -2.18. The van der Waals surface area contributed by atoms with E-state index in [2.05, 4.69) is 60.4 Å². The van der Waals surface area contributed by atoms with Crippen molar-refractivity contribution < 1.29 is 0 Å². The van der Waals surface area contributed by atoms with Crippen molar-refractivity contribution >= 4 is 11.8 Å². The smallest absolute Gasteiger partial charge is 0.0639 e. The lowest BCUT2D eigenvalue weighted by molar-refractivity contribution is 0.954. The zero-order valence-electron chi connectivity index (χ0n) is 15.2. The Morgan fingerprint density at radius 1 is 0.741 bits per heavy atom. The van der Waals surface area contributed by atoms with E-state index < -0.39 is 0 Å². The van der Waals surface area contributed by atoms with Crippen molar-refractivity contribution in [2.45, 2.75) is 19.4 Å². The van der Waals surface area contributed by atoms with Crippen LogP contribution in [-0.2, 0) is 13.0 Å². The Labute approximate surface area is 161 Å². The van der Waals surface area contributed by atoms with Crippen LogP contribution in [0.25, 0.3) is 5.57 Å². The molecule has 0 unspecified atom stereocenters. The topological polar surface area (TPSA) is 12.4 Å². The minimum absolute atomic E-state index is 0.700. The number of hydrogen-bond acceptors (Lipinski definition) is 1. The van der Waals surface area contributed by atoms with Gasteiger partial charge in [-0.25, -0.2) is 0 Å². The number of aryl methyl sites for hydroxylation is 1. The minimum Gasteiger partial charge on any atom is -0.288 e. The second-order valence-corrected chi connectivity index (χ2v) is 6.63. The van der Waals surface area contributed by atoms with Gasteiger partial charge >= 0.3 is 0 Å². The molecule has 130 valence electrons. The summed E-state index contributed by atoms with van der Waals surface area (Å²) in [4.78, 5) is 4.69. The molecule has 0 atom stereocenters. The lowest BCUT2D eigenvalue weighted by Crippen LogP contribution is -2.05. The van der Waals surface area contributed by atoms with Crippen molar-refractivity contribution in [2.24, 2.45) is 4.99 Å². The molecule has 4 rings (SSSR count). The number of aliphatic imine (C=N–C) groups is 1. The molecule has 0 amide bonds. The maximum absolute atomic E-state index is 4.69. The molecular weight excluding hydrogens is 326 g/mol. The first kappa shape index (κ1) is 17.1. The number of hydrogen-bond donors (Lipinski definition) is 0. The molecular formula is C26H21N. The fraction of sp³-hybridized carbons (Fsp3) is 0.115. The fourth-order valence-corrected chi connectivity index (χ4v) is 3.33.